The second-order valence-corrected chi connectivity index (χ2v) is 11.3. The first-order valence-electron chi connectivity index (χ1n) is 12.8. The molecule has 4 rings (SSSR count). The van der Waals surface area contributed by atoms with Crippen molar-refractivity contribution in [2.45, 2.75) is 89.9 Å². The van der Waals surface area contributed by atoms with Crippen molar-refractivity contribution in [2.75, 3.05) is 19.6 Å². The number of carbonyl (C=O) groups is 1. The SMILES string of the molecule is Cc1ncc(CC(=O)NC2CCC(CCN3CCc4cn(CCCC(F)(F)F)nc4CC3)CC2)s1. The van der Waals surface area contributed by atoms with Crippen LogP contribution in [0.25, 0.3) is 0 Å². The molecule has 1 N–H and O–H groups in total. The summed E-state index contributed by atoms with van der Waals surface area (Å²) in [6.45, 7) is 5.28. The van der Waals surface area contributed by atoms with Crippen LogP contribution in [0, 0.1) is 12.8 Å². The van der Waals surface area contributed by atoms with E-state index in [1.54, 1.807) is 22.2 Å². The summed E-state index contributed by atoms with van der Waals surface area (Å²) >= 11 is 1.58. The number of nitrogens with zero attached hydrogens (tertiary/aromatic N) is 4. The number of hydrogen-bond donors (Lipinski definition) is 1. The molecule has 35 heavy (non-hydrogen) atoms. The lowest BCUT2D eigenvalue weighted by atomic mass is 9.84. The van der Waals surface area contributed by atoms with Gasteiger partial charge in [0.1, 0.15) is 0 Å². The lowest BCUT2D eigenvalue weighted by Crippen LogP contribution is -2.39. The van der Waals surface area contributed by atoms with Gasteiger partial charge in [-0.3, -0.25) is 9.48 Å². The van der Waals surface area contributed by atoms with Crippen molar-refractivity contribution in [2.24, 2.45) is 5.92 Å². The van der Waals surface area contributed by atoms with E-state index in [9.17, 15) is 18.0 Å². The molecule has 194 valence electrons. The molecule has 2 aromatic rings. The maximum absolute atomic E-state index is 12.4. The van der Waals surface area contributed by atoms with Crippen LogP contribution in [-0.4, -0.2) is 57.4 Å². The molecule has 0 saturated heterocycles. The number of thiazole rings is 1. The number of halogens is 3. The van der Waals surface area contributed by atoms with Crippen molar-refractivity contribution in [1.82, 2.24) is 25.0 Å². The van der Waals surface area contributed by atoms with Crippen molar-refractivity contribution in [1.29, 1.82) is 0 Å². The number of amides is 1. The predicted octanol–water partition coefficient (Wildman–Crippen LogP) is 4.70. The number of rotatable bonds is 9. The number of hydrogen-bond acceptors (Lipinski definition) is 5. The topological polar surface area (TPSA) is 63.1 Å². The van der Waals surface area contributed by atoms with Crippen molar-refractivity contribution in [3.05, 3.63) is 33.5 Å². The van der Waals surface area contributed by atoms with Gasteiger partial charge in [0.25, 0.3) is 0 Å². The number of aryl methyl sites for hydroxylation is 2. The molecular formula is C25H36F3N5OS. The maximum Gasteiger partial charge on any atom is 0.389 e. The third-order valence-electron chi connectivity index (χ3n) is 7.20. The predicted molar refractivity (Wildman–Crippen MR) is 130 cm³/mol. The minimum Gasteiger partial charge on any atom is -0.353 e. The lowest BCUT2D eigenvalue weighted by molar-refractivity contribution is -0.136. The number of fused-ring (bicyclic) bond motifs is 1. The van der Waals surface area contributed by atoms with Gasteiger partial charge in [-0.25, -0.2) is 4.98 Å². The fourth-order valence-electron chi connectivity index (χ4n) is 5.24. The Morgan fingerprint density at radius 3 is 2.66 bits per heavy atom. The molecule has 0 atom stereocenters. The summed E-state index contributed by atoms with van der Waals surface area (Å²) in [5.41, 5.74) is 2.23. The number of nitrogens with one attached hydrogen (secondary N) is 1. The van der Waals surface area contributed by atoms with Crippen LogP contribution in [0.2, 0.25) is 0 Å². The average molecular weight is 512 g/mol. The molecule has 0 unspecified atom stereocenters. The Bertz CT molecular complexity index is 939. The number of aromatic nitrogens is 3. The molecule has 2 aromatic heterocycles. The fraction of sp³-hybridized carbons (Fsp3) is 0.720. The molecule has 0 bridgehead atoms. The molecular weight excluding hydrogens is 475 g/mol. The first-order chi connectivity index (χ1) is 16.7. The minimum atomic E-state index is -4.10. The van der Waals surface area contributed by atoms with Gasteiger partial charge >= 0.3 is 6.18 Å². The van der Waals surface area contributed by atoms with E-state index in [1.807, 2.05) is 13.1 Å². The van der Waals surface area contributed by atoms with Crippen LogP contribution < -0.4 is 5.32 Å². The quantitative estimate of drug-likeness (QED) is 0.530. The van der Waals surface area contributed by atoms with Gasteiger partial charge in [0.2, 0.25) is 5.91 Å². The summed E-state index contributed by atoms with van der Waals surface area (Å²) in [5, 5.41) is 8.76. The molecule has 6 nitrogen and oxygen atoms in total. The Kier molecular flexibility index (Phi) is 8.86. The van der Waals surface area contributed by atoms with Crippen molar-refractivity contribution in [3.63, 3.8) is 0 Å². The van der Waals surface area contributed by atoms with Crippen LogP contribution in [0.1, 0.15) is 66.1 Å². The van der Waals surface area contributed by atoms with Crippen LogP contribution in [0.3, 0.4) is 0 Å². The van der Waals surface area contributed by atoms with Crippen LogP contribution in [-0.2, 0) is 30.6 Å². The maximum atomic E-state index is 12.4. The second-order valence-electron chi connectivity index (χ2n) is 10.0. The van der Waals surface area contributed by atoms with E-state index in [1.165, 1.54) is 12.0 Å². The number of carbonyl (C=O) groups excluding carboxylic acids is 1. The zero-order valence-electron chi connectivity index (χ0n) is 20.4. The molecule has 2 aliphatic rings. The fourth-order valence-corrected chi connectivity index (χ4v) is 6.03. The normalized spacial score (nSPS) is 21.5. The molecule has 1 aliphatic heterocycles. The molecule has 0 spiro atoms. The second kappa shape index (κ2) is 11.9. The van der Waals surface area contributed by atoms with Gasteiger partial charge < -0.3 is 10.2 Å². The van der Waals surface area contributed by atoms with Gasteiger partial charge in [-0.15, -0.1) is 11.3 Å². The van der Waals surface area contributed by atoms with Gasteiger partial charge in [0.05, 0.1) is 17.1 Å². The van der Waals surface area contributed by atoms with Gasteiger partial charge in [0.15, 0.2) is 0 Å². The number of alkyl halides is 3. The highest BCUT2D eigenvalue weighted by molar-refractivity contribution is 7.11. The highest BCUT2D eigenvalue weighted by Crippen LogP contribution is 2.28. The molecule has 1 fully saturated rings. The van der Waals surface area contributed by atoms with Crippen LogP contribution >= 0.6 is 11.3 Å². The van der Waals surface area contributed by atoms with E-state index in [4.69, 9.17) is 0 Å². The highest BCUT2D eigenvalue weighted by atomic mass is 32.1. The van der Waals surface area contributed by atoms with E-state index >= 15 is 0 Å². The average Bonchev–Trinajstić information content (AvgIpc) is 3.33. The summed E-state index contributed by atoms with van der Waals surface area (Å²) in [7, 11) is 0. The Morgan fingerprint density at radius 2 is 1.94 bits per heavy atom. The molecule has 0 aromatic carbocycles. The molecule has 1 saturated carbocycles. The van der Waals surface area contributed by atoms with E-state index in [0.29, 0.717) is 18.9 Å². The Hall–Kier alpha value is -1.94. The summed E-state index contributed by atoms with van der Waals surface area (Å²) in [4.78, 5) is 20.1. The molecule has 0 radical (unpaired) electrons. The molecule has 10 heteroatoms. The van der Waals surface area contributed by atoms with Gasteiger partial charge in [0, 0.05) is 55.8 Å². The van der Waals surface area contributed by atoms with E-state index < -0.39 is 12.6 Å². The van der Waals surface area contributed by atoms with Crippen molar-refractivity contribution in [3.8, 4) is 0 Å². The third kappa shape index (κ3) is 8.31. The first-order valence-corrected chi connectivity index (χ1v) is 13.6. The largest absolute Gasteiger partial charge is 0.389 e. The zero-order valence-corrected chi connectivity index (χ0v) is 21.3. The van der Waals surface area contributed by atoms with Crippen LogP contribution in [0.4, 0.5) is 13.2 Å². The van der Waals surface area contributed by atoms with Crippen molar-refractivity contribution < 1.29 is 18.0 Å². The molecule has 1 amide bonds. The summed E-state index contributed by atoms with van der Waals surface area (Å²) in [6, 6.07) is 0.286. The summed E-state index contributed by atoms with van der Waals surface area (Å²) in [6.07, 6.45) is 6.74. The zero-order chi connectivity index (χ0) is 24.8. The third-order valence-corrected chi connectivity index (χ3v) is 8.12. The van der Waals surface area contributed by atoms with Crippen LogP contribution in [0.15, 0.2) is 12.4 Å². The van der Waals surface area contributed by atoms with E-state index in [2.05, 4.69) is 20.3 Å². The first kappa shape index (κ1) is 26.1. The van der Waals surface area contributed by atoms with Gasteiger partial charge in [-0.2, -0.15) is 18.3 Å². The molecule has 1 aliphatic carbocycles. The highest BCUT2D eigenvalue weighted by Gasteiger charge is 2.27. The van der Waals surface area contributed by atoms with E-state index in [0.717, 1.165) is 73.7 Å². The Morgan fingerprint density at radius 1 is 1.17 bits per heavy atom. The van der Waals surface area contributed by atoms with Crippen molar-refractivity contribution >= 4 is 17.2 Å². The Labute approximate surface area is 209 Å². The summed E-state index contributed by atoms with van der Waals surface area (Å²) in [5.74, 6) is 0.805. The van der Waals surface area contributed by atoms with Gasteiger partial charge in [-0.1, -0.05) is 0 Å². The minimum absolute atomic E-state index is 0.0773. The smallest absolute Gasteiger partial charge is 0.353 e. The van der Waals surface area contributed by atoms with Gasteiger partial charge in [-0.05, 0) is 69.9 Å². The lowest BCUT2D eigenvalue weighted by Gasteiger charge is -2.30. The van der Waals surface area contributed by atoms with E-state index in [-0.39, 0.29) is 18.4 Å². The Balaban J connectivity index is 1.12. The standard InChI is InChI=1S/C25H36F3N5OS/c1-18-29-16-22(35-18)15-24(34)30-21-5-3-19(4-6-21)7-12-32-13-8-20-17-33(31-23(20)9-14-32)11-2-10-25(26,27)28/h16-17,19,21H,2-15H2,1H3,(H,30,34). The monoisotopic (exact) mass is 511 g/mol. The molecule has 3 heterocycles. The van der Waals surface area contributed by atoms with Crippen LogP contribution in [0.5, 0.6) is 0 Å². The summed E-state index contributed by atoms with van der Waals surface area (Å²) < 4.78 is 38.8.